The highest BCUT2D eigenvalue weighted by Crippen LogP contribution is 2.38. The van der Waals surface area contributed by atoms with Gasteiger partial charge in [-0.25, -0.2) is 0 Å². The molecule has 0 fully saturated rings. The minimum atomic E-state index is 0.0569. The lowest BCUT2D eigenvalue weighted by atomic mass is 10.1. The van der Waals surface area contributed by atoms with Gasteiger partial charge in [0.15, 0.2) is 11.5 Å². The quantitative estimate of drug-likeness (QED) is 0.479. The van der Waals surface area contributed by atoms with Crippen LogP contribution in [0.15, 0.2) is 66.7 Å². The third-order valence-electron chi connectivity index (χ3n) is 5.18. The molecule has 0 aliphatic carbocycles. The topological polar surface area (TPSA) is 48.0 Å². The van der Waals surface area contributed by atoms with Crippen LogP contribution < -0.4 is 19.1 Å². The van der Waals surface area contributed by atoms with Gasteiger partial charge in [-0.1, -0.05) is 48.0 Å². The van der Waals surface area contributed by atoms with Crippen molar-refractivity contribution >= 4 is 11.6 Å². The van der Waals surface area contributed by atoms with Crippen LogP contribution in [0.25, 0.3) is 0 Å². The van der Waals surface area contributed by atoms with E-state index in [1.54, 1.807) is 21.3 Å². The summed E-state index contributed by atoms with van der Waals surface area (Å²) in [5.74, 6) is 1.78. The summed E-state index contributed by atoms with van der Waals surface area (Å²) in [5.41, 5.74) is 4.09. The number of rotatable bonds is 9. The van der Waals surface area contributed by atoms with Gasteiger partial charge < -0.3 is 19.1 Å². The Morgan fingerprint density at radius 2 is 1.42 bits per heavy atom. The van der Waals surface area contributed by atoms with Crippen LogP contribution in [0.1, 0.15) is 23.1 Å². The van der Waals surface area contributed by atoms with Crippen molar-refractivity contribution in [2.45, 2.75) is 26.3 Å². The molecule has 0 aliphatic rings. The van der Waals surface area contributed by atoms with Gasteiger partial charge in [-0.2, -0.15) is 0 Å². The third-order valence-corrected chi connectivity index (χ3v) is 5.18. The summed E-state index contributed by atoms with van der Waals surface area (Å²) in [7, 11) is 4.75. The molecule has 0 heterocycles. The number of ether oxygens (including phenoxy) is 3. The van der Waals surface area contributed by atoms with E-state index >= 15 is 0 Å². The molecule has 0 N–H and O–H groups in total. The second kappa shape index (κ2) is 10.5. The number of methoxy groups -OCH3 is 3. The minimum Gasteiger partial charge on any atom is -0.493 e. The van der Waals surface area contributed by atoms with Crippen molar-refractivity contribution in [3.8, 4) is 17.2 Å². The number of benzene rings is 3. The summed E-state index contributed by atoms with van der Waals surface area (Å²) < 4.78 is 16.3. The third kappa shape index (κ3) is 5.57. The van der Waals surface area contributed by atoms with Crippen LogP contribution >= 0.6 is 0 Å². The van der Waals surface area contributed by atoms with Gasteiger partial charge in [-0.3, -0.25) is 4.79 Å². The van der Waals surface area contributed by atoms with E-state index in [2.05, 4.69) is 0 Å². The first-order chi connectivity index (χ1) is 15.0. The van der Waals surface area contributed by atoms with E-state index < -0.39 is 0 Å². The number of carbonyl (C=O) groups excluding carboxylic acids is 1. The summed E-state index contributed by atoms with van der Waals surface area (Å²) in [6.45, 7) is 2.57. The summed E-state index contributed by atoms with van der Waals surface area (Å²) >= 11 is 0. The summed E-state index contributed by atoms with van der Waals surface area (Å²) in [4.78, 5) is 15.1. The summed E-state index contributed by atoms with van der Waals surface area (Å²) in [6.07, 6.45) is 0.923. The summed E-state index contributed by atoms with van der Waals surface area (Å²) in [5, 5.41) is 0. The van der Waals surface area contributed by atoms with E-state index in [0.29, 0.717) is 36.6 Å². The molecule has 31 heavy (non-hydrogen) atoms. The van der Waals surface area contributed by atoms with Crippen LogP contribution in [-0.2, 0) is 17.8 Å². The van der Waals surface area contributed by atoms with Crippen molar-refractivity contribution in [3.63, 3.8) is 0 Å². The van der Waals surface area contributed by atoms with E-state index in [1.807, 2.05) is 78.6 Å². The summed E-state index contributed by atoms with van der Waals surface area (Å²) in [6, 6.07) is 21.9. The van der Waals surface area contributed by atoms with Gasteiger partial charge in [0.05, 0.1) is 27.9 Å². The fraction of sp³-hybridized carbons (Fsp3) is 0.269. The zero-order valence-electron chi connectivity index (χ0n) is 18.6. The Balaban J connectivity index is 1.81. The van der Waals surface area contributed by atoms with Gasteiger partial charge in [0.1, 0.15) is 0 Å². The Morgan fingerprint density at radius 3 is 1.97 bits per heavy atom. The Labute approximate surface area is 184 Å². The number of anilines is 1. The molecule has 0 bridgehead atoms. The van der Waals surface area contributed by atoms with Gasteiger partial charge >= 0.3 is 0 Å². The van der Waals surface area contributed by atoms with Crippen LogP contribution in [-0.4, -0.2) is 27.2 Å². The van der Waals surface area contributed by atoms with Gasteiger partial charge in [-0.05, 0) is 48.7 Å². The average Bonchev–Trinajstić information content (AvgIpc) is 2.81. The Morgan fingerprint density at radius 1 is 0.806 bits per heavy atom. The Bertz CT molecular complexity index is 975. The van der Waals surface area contributed by atoms with E-state index in [0.717, 1.165) is 22.4 Å². The van der Waals surface area contributed by atoms with Crippen molar-refractivity contribution in [2.75, 3.05) is 26.2 Å². The molecule has 3 aromatic rings. The van der Waals surface area contributed by atoms with E-state index in [-0.39, 0.29) is 5.91 Å². The van der Waals surface area contributed by atoms with Gasteiger partial charge in [0, 0.05) is 12.1 Å². The molecule has 0 atom stereocenters. The number of aryl methyl sites for hydroxylation is 2. The minimum absolute atomic E-state index is 0.0569. The van der Waals surface area contributed by atoms with E-state index in [1.165, 1.54) is 0 Å². The lowest BCUT2D eigenvalue weighted by molar-refractivity contribution is -0.118. The predicted octanol–water partition coefficient (Wildman–Crippen LogP) is 5.19. The van der Waals surface area contributed by atoms with Crippen molar-refractivity contribution < 1.29 is 19.0 Å². The number of amides is 1. The van der Waals surface area contributed by atoms with E-state index in [4.69, 9.17) is 14.2 Å². The van der Waals surface area contributed by atoms with E-state index in [9.17, 15) is 4.79 Å². The maximum Gasteiger partial charge on any atom is 0.227 e. The molecule has 0 unspecified atom stereocenters. The molecule has 3 rings (SSSR count). The Kier molecular flexibility index (Phi) is 7.55. The first-order valence-electron chi connectivity index (χ1n) is 10.3. The molecule has 0 aromatic heterocycles. The molecule has 5 heteroatoms. The smallest absolute Gasteiger partial charge is 0.227 e. The number of hydrogen-bond donors (Lipinski definition) is 0. The van der Waals surface area contributed by atoms with Crippen molar-refractivity contribution in [1.29, 1.82) is 0 Å². The first kappa shape index (κ1) is 22.2. The highest BCUT2D eigenvalue weighted by Gasteiger charge is 2.18. The maximum atomic E-state index is 13.3. The van der Waals surface area contributed by atoms with Crippen molar-refractivity contribution in [2.24, 2.45) is 0 Å². The van der Waals surface area contributed by atoms with Gasteiger partial charge in [0.2, 0.25) is 11.7 Å². The molecule has 5 nitrogen and oxygen atoms in total. The Hall–Kier alpha value is -3.47. The number of nitrogens with zero attached hydrogens (tertiary/aromatic N) is 1. The van der Waals surface area contributed by atoms with Crippen LogP contribution in [0.3, 0.4) is 0 Å². The molecular formula is C26H29NO4. The molecule has 0 saturated heterocycles. The van der Waals surface area contributed by atoms with Crippen LogP contribution in [0.4, 0.5) is 5.69 Å². The highest BCUT2D eigenvalue weighted by molar-refractivity contribution is 5.93. The molecule has 0 saturated carbocycles. The molecule has 3 aromatic carbocycles. The number of hydrogen-bond acceptors (Lipinski definition) is 4. The lowest BCUT2D eigenvalue weighted by Crippen LogP contribution is -2.30. The zero-order valence-corrected chi connectivity index (χ0v) is 18.6. The first-order valence-corrected chi connectivity index (χ1v) is 10.3. The normalized spacial score (nSPS) is 10.5. The molecule has 0 radical (unpaired) electrons. The monoisotopic (exact) mass is 419 g/mol. The standard InChI is InChI=1S/C26H29NO4/c1-19-10-13-22(14-11-19)27(18-20-8-6-5-7-9-20)25(28)15-12-21-16-23(29-2)26(31-4)24(17-21)30-3/h5-11,13-14,16-17H,12,15,18H2,1-4H3. The zero-order chi connectivity index (χ0) is 22.2. The molecule has 162 valence electrons. The van der Waals surface area contributed by atoms with Crippen molar-refractivity contribution in [3.05, 3.63) is 83.4 Å². The second-order valence-electron chi connectivity index (χ2n) is 7.33. The molecule has 0 aliphatic heterocycles. The predicted molar refractivity (Wildman–Crippen MR) is 123 cm³/mol. The van der Waals surface area contributed by atoms with Crippen molar-refractivity contribution in [1.82, 2.24) is 0 Å². The van der Waals surface area contributed by atoms with Gasteiger partial charge in [-0.15, -0.1) is 0 Å². The molecule has 1 amide bonds. The fourth-order valence-corrected chi connectivity index (χ4v) is 3.48. The van der Waals surface area contributed by atoms with Crippen LogP contribution in [0.2, 0.25) is 0 Å². The maximum absolute atomic E-state index is 13.3. The largest absolute Gasteiger partial charge is 0.493 e. The highest BCUT2D eigenvalue weighted by atomic mass is 16.5. The SMILES string of the molecule is COc1cc(CCC(=O)N(Cc2ccccc2)c2ccc(C)cc2)cc(OC)c1OC. The van der Waals surface area contributed by atoms with Gasteiger partial charge in [0.25, 0.3) is 0 Å². The van der Waals surface area contributed by atoms with Crippen LogP contribution in [0, 0.1) is 6.92 Å². The van der Waals surface area contributed by atoms with Crippen LogP contribution in [0.5, 0.6) is 17.2 Å². The molecule has 0 spiro atoms. The lowest BCUT2D eigenvalue weighted by Gasteiger charge is -2.23. The molecular weight excluding hydrogens is 390 g/mol. The second-order valence-corrected chi connectivity index (χ2v) is 7.33. The average molecular weight is 420 g/mol. The number of carbonyl (C=O) groups is 1. The fourth-order valence-electron chi connectivity index (χ4n) is 3.48.